The lowest BCUT2D eigenvalue weighted by Gasteiger charge is -2.06. The molecule has 0 aliphatic rings. The van der Waals surface area contributed by atoms with E-state index in [-0.39, 0.29) is 23.8 Å². The van der Waals surface area contributed by atoms with Gasteiger partial charge in [-0.3, -0.25) is 4.79 Å². The molecule has 0 unspecified atom stereocenters. The highest BCUT2D eigenvalue weighted by Crippen LogP contribution is 2.18. The zero-order valence-corrected chi connectivity index (χ0v) is 19.3. The molecule has 0 saturated carbocycles. The Balaban J connectivity index is 1.40. The maximum Gasteiger partial charge on any atom is 0.240 e. The fourth-order valence-electron chi connectivity index (χ4n) is 2.67. The highest BCUT2D eigenvalue weighted by Gasteiger charge is 2.14. The van der Waals surface area contributed by atoms with Gasteiger partial charge in [0.25, 0.3) is 0 Å². The van der Waals surface area contributed by atoms with E-state index < -0.39 is 10.0 Å². The number of nitrogens with one attached hydrogen (secondary N) is 2. The first-order chi connectivity index (χ1) is 14.4. The van der Waals surface area contributed by atoms with Gasteiger partial charge in [-0.1, -0.05) is 57.6 Å². The number of hydrogen-bond acceptors (Lipinski definition) is 6. The third-order valence-electron chi connectivity index (χ3n) is 4.18. The Morgan fingerprint density at radius 3 is 2.47 bits per heavy atom. The summed E-state index contributed by atoms with van der Waals surface area (Å²) in [6.45, 7) is -0.00698. The molecule has 0 aliphatic carbocycles. The van der Waals surface area contributed by atoms with Crippen LogP contribution in [0.2, 0.25) is 0 Å². The van der Waals surface area contributed by atoms with Crippen LogP contribution in [-0.2, 0) is 27.7 Å². The molecule has 0 bridgehead atoms. The Labute approximate surface area is 188 Å². The standard InChI is InChI=1S/C20H21BrN4O3S2/c21-16-9-11-17(12-10-16)30(27,28)22-14-13-18(26)23-20-25-24-19(29-20)8-4-7-15-5-2-1-3-6-15/h1-3,5-6,9-12,22H,4,7-8,13-14H2,(H,23,25,26). The average Bonchev–Trinajstić information content (AvgIpc) is 3.16. The molecule has 0 atom stereocenters. The lowest BCUT2D eigenvalue weighted by molar-refractivity contribution is -0.116. The number of aryl methyl sites for hydroxylation is 2. The van der Waals surface area contributed by atoms with Crippen molar-refractivity contribution in [2.24, 2.45) is 0 Å². The summed E-state index contributed by atoms with van der Waals surface area (Å²) >= 11 is 4.60. The minimum absolute atomic E-state index is 0.00131. The number of hydrogen-bond donors (Lipinski definition) is 2. The van der Waals surface area contributed by atoms with E-state index >= 15 is 0 Å². The van der Waals surface area contributed by atoms with Gasteiger partial charge < -0.3 is 5.32 Å². The Bertz CT molecular complexity index is 1070. The van der Waals surface area contributed by atoms with E-state index in [0.717, 1.165) is 28.7 Å². The third-order valence-corrected chi connectivity index (χ3v) is 7.08. The Hall–Kier alpha value is -2.14. The minimum atomic E-state index is -3.65. The molecule has 7 nitrogen and oxygen atoms in total. The van der Waals surface area contributed by atoms with Crippen LogP contribution < -0.4 is 10.0 Å². The Morgan fingerprint density at radius 2 is 1.73 bits per heavy atom. The van der Waals surface area contributed by atoms with Crippen LogP contribution in [0.3, 0.4) is 0 Å². The summed E-state index contributed by atoms with van der Waals surface area (Å²) in [5.74, 6) is -0.319. The molecule has 30 heavy (non-hydrogen) atoms. The second kappa shape index (κ2) is 10.8. The minimum Gasteiger partial charge on any atom is -0.300 e. The van der Waals surface area contributed by atoms with E-state index in [0.29, 0.717) is 5.13 Å². The molecule has 0 fully saturated rings. The maximum absolute atomic E-state index is 12.2. The molecule has 1 aromatic heterocycles. The molecule has 0 spiro atoms. The molecule has 0 aliphatic heterocycles. The molecular weight excluding hydrogens is 488 g/mol. The molecule has 2 N–H and O–H groups in total. The molecule has 1 amide bonds. The smallest absolute Gasteiger partial charge is 0.240 e. The molecule has 0 radical (unpaired) electrons. The summed E-state index contributed by atoms with van der Waals surface area (Å²) in [6.07, 6.45) is 2.69. The molecule has 0 saturated heterocycles. The van der Waals surface area contributed by atoms with Crippen LogP contribution in [0.15, 0.2) is 64.0 Å². The summed E-state index contributed by atoms with van der Waals surface area (Å²) in [5.41, 5.74) is 1.28. The summed E-state index contributed by atoms with van der Waals surface area (Å²) in [5, 5.41) is 12.0. The summed E-state index contributed by atoms with van der Waals surface area (Å²) in [6, 6.07) is 16.5. The van der Waals surface area contributed by atoms with E-state index in [9.17, 15) is 13.2 Å². The number of rotatable bonds is 10. The zero-order chi connectivity index (χ0) is 21.4. The number of aromatic nitrogens is 2. The van der Waals surface area contributed by atoms with Crippen molar-refractivity contribution >= 4 is 48.3 Å². The fourth-order valence-corrected chi connectivity index (χ4v) is 4.77. The van der Waals surface area contributed by atoms with Crippen molar-refractivity contribution in [3.63, 3.8) is 0 Å². The van der Waals surface area contributed by atoms with E-state index in [1.165, 1.54) is 29.0 Å². The van der Waals surface area contributed by atoms with Gasteiger partial charge in [0.2, 0.25) is 21.1 Å². The second-order valence-corrected chi connectivity index (χ2v) is 10.2. The fraction of sp³-hybridized carbons (Fsp3) is 0.250. The predicted molar refractivity (Wildman–Crippen MR) is 121 cm³/mol. The van der Waals surface area contributed by atoms with Crippen LogP contribution in [0.25, 0.3) is 0 Å². The molecule has 3 aromatic rings. The summed E-state index contributed by atoms with van der Waals surface area (Å²) < 4.78 is 27.6. The van der Waals surface area contributed by atoms with Crippen molar-refractivity contribution in [1.82, 2.24) is 14.9 Å². The van der Waals surface area contributed by atoms with E-state index in [1.807, 2.05) is 18.2 Å². The monoisotopic (exact) mass is 508 g/mol. The highest BCUT2D eigenvalue weighted by atomic mass is 79.9. The Morgan fingerprint density at radius 1 is 1.00 bits per heavy atom. The summed E-state index contributed by atoms with van der Waals surface area (Å²) in [4.78, 5) is 12.2. The maximum atomic E-state index is 12.2. The first-order valence-corrected chi connectivity index (χ1v) is 12.4. The van der Waals surface area contributed by atoms with Gasteiger partial charge in [0.15, 0.2) is 0 Å². The van der Waals surface area contributed by atoms with Gasteiger partial charge in [0, 0.05) is 23.9 Å². The number of anilines is 1. The largest absolute Gasteiger partial charge is 0.300 e. The number of nitrogens with zero attached hydrogens (tertiary/aromatic N) is 2. The molecular formula is C20H21BrN4O3S2. The van der Waals surface area contributed by atoms with Gasteiger partial charge in [-0.15, -0.1) is 10.2 Å². The zero-order valence-electron chi connectivity index (χ0n) is 16.0. The number of amides is 1. The van der Waals surface area contributed by atoms with Crippen molar-refractivity contribution in [3.05, 3.63) is 69.6 Å². The number of benzene rings is 2. The van der Waals surface area contributed by atoms with Gasteiger partial charge in [0.1, 0.15) is 5.01 Å². The first-order valence-electron chi connectivity index (χ1n) is 9.34. The molecule has 1 heterocycles. The van der Waals surface area contributed by atoms with Crippen LogP contribution >= 0.6 is 27.3 Å². The van der Waals surface area contributed by atoms with Crippen LogP contribution in [-0.4, -0.2) is 31.1 Å². The van der Waals surface area contributed by atoms with Gasteiger partial charge in [-0.2, -0.15) is 0 Å². The van der Waals surface area contributed by atoms with E-state index in [1.54, 1.807) is 12.1 Å². The second-order valence-electron chi connectivity index (χ2n) is 6.49. The number of carbonyl (C=O) groups excluding carboxylic acids is 1. The number of carbonyl (C=O) groups is 1. The van der Waals surface area contributed by atoms with Crippen LogP contribution in [0.5, 0.6) is 0 Å². The number of halogens is 1. The lowest BCUT2D eigenvalue weighted by Crippen LogP contribution is -2.27. The first kappa shape index (κ1) is 22.5. The molecule has 10 heteroatoms. The van der Waals surface area contributed by atoms with Gasteiger partial charge >= 0.3 is 0 Å². The Kier molecular flexibility index (Phi) is 8.08. The SMILES string of the molecule is O=C(CCNS(=O)(=O)c1ccc(Br)cc1)Nc1nnc(CCCc2ccccc2)s1. The van der Waals surface area contributed by atoms with Crippen molar-refractivity contribution < 1.29 is 13.2 Å². The average molecular weight is 509 g/mol. The van der Waals surface area contributed by atoms with Crippen LogP contribution in [0, 0.1) is 0 Å². The quantitative estimate of drug-likeness (QED) is 0.433. The molecule has 2 aromatic carbocycles. The lowest BCUT2D eigenvalue weighted by atomic mass is 10.1. The van der Waals surface area contributed by atoms with Crippen molar-refractivity contribution in [3.8, 4) is 0 Å². The molecule has 3 rings (SSSR count). The topological polar surface area (TPSA) is 101 Å². The van der Waals surface area contributed by atoms with Crippen LogP contribution in [0.4, 0.5) is 5.13 Å². The van der Waals surface area contributed by atoms with Gasteiger partial charge in [-0.25, -0.2) is 13.1 Å². The van der Waals surface area contributed by atoms with E-state index in [2.05, 4.69) is 48.3 Å². The third kappa shape index (κ3) is 6.98. The summed E-state index contributed by atoms with van der Waals surface area (Å²) in [7, 11) is -3.65. The van der Waals surface area contributed by atoms with Crippen molar-refractivity contribution in [2.75, 3.05) is 11.9 Å². The van der Waals surface area contributed by atoms with E-state index in [4.69, 9.17) is 0 Å². The van der Waals surface area contributed by atoms with Gasteiger partial charge in [-0.05, 0) is 42.7 Å². The van der Waals surface area contributed by atoms with Crippen molar-refractivity contribution in [1.29, 1.82) is 0 Å². The van der Waals surface area contributed by atoms with Gasteiger partial charge in [0.05, 0.1) is 4.90 Å². The highest BCUT2D eigenvalue weighted by molar-refractivity contribution is 9.10. The van der Waals surface area contributed by atoms with Crippen LogP contribution in [0.1, 0.15) is 23.4 Å². The molecule has 158 valence electrons. The predicted octanol–water partition coefficient (Wildman–Crippen LogP) is 3.78. The number of sulfonamides is 1. The normalized spacial score (nSPS) is 11.4. The van der Waals surface area contributed by atoms with Crippen molar-refractivity contribution in [2.45, 2.75) is 30.6 Å².